The van der Waals surface area contributed by atoms with E-state index in [1.807, 2.05) is 36.4 Å². The van der Waals surface area contributed by atoms with Gasteiger partial charge in [0.25, 0.3) is 0 Å². The number of halogens is 1. The van der Waals surface area contributed by atoms with E-state index in [1.54, 1.807) is 0 Å². The fourth-order valence-corrected chi connectivity index (χ4v) is 2.98. The summed E-state index contributed by atoms with van der Waals surface area (Å²) in [6.45, 7) is 3.42. The summed E-state index contributed by atoms with van der Waals surface area (Å²) in [7, 11) is 0. The second-order valence-electron chi connectivity index (χ2n) is 5.60. The number of morpholine rings is 1. The molecule has 0 aliphatic carbocycles. The molecule has 3 aromatic rings. The molecule has 0 bridgehead atoms. The summed E-state index contributed by atoms with van der Waals surface area (Å²) < 4.78 is 7.42. The molecule has 2 atom stereocenters. The summed E-state index contributed by atoms with van der Waals surface area (Å²) in [5.41, 5.74) is 1.69. The van der Waals surface area contributed by atoms with Gasteiger partial charge in [-0.1, -0.05) is 23.7 Å². The van der Waals surface area contributed by atoms with Crippen LogP contribution in [0.25, 0.3) is 5.65 Å². The van der Waals surface area contributed by atoms with E-state index in [0.717, 1.165) is 11.4 Å². The SMILES string of the molecule is CC1COC(c2cccc(Cl)c2)CN1c1ccc2nnnn2n1. The Morgan fingerprint density at radius 2 is 2.17 bits per heavy atom. The zero-order chi connectivity index (χ0) is 15.8. The van der Waals surface area contributed by atoms with Gasteiger partial charge in [-0.3, -0.25) is 0 Å². The Morgan fingerprint density at radius 1 is 1.26 bits per heavy atom. The average Bonchev–Trinajstić information content (AvgIpc) is 3.03. The normalized spacial score (nSPS) is 21.7. The van der Waals surface area contributed by atoms with Crippen molar-refractivity contribution in [3.05, 3.63) is 47.0 Å². The van der Waals surface area contributed by atoms with E-state index in [4.69, 9.17) is 16.3 Å². The van der Waals surface area contributed by atoms with Gasteiger partial charge in [0, 0.05) is 5.02 Å². The number of ether oxygens (including phenoxy) is 1. The first-order valence-electron chi connectivity index (χ1n) is 7.40. The Bertz CT molecular complexity index is 837. The third kappa shape index (κ3) is 2.73. The molecule has 0 spiro atoms. The highest BCUT2D eigenvalue weighted by Gasteiger charge is 2.28. The maximum atomic E-state index is 6.09. The smallest absolute Gasteiger partial charge is 0.200 e. The first-order chi connectivity index (χ1) is 11.2. The summed E-state index contributed by atoms with van der Waals surface area (Å²) >= 11 is 6.09. The molecule has 0 N–H and O–H groups in total. The molecule has 118 valence electrons. The molecule has 3 heterocycles. The Morgan fingerprint density at radius 3 is 3.04 bits per heavy atom. The lowest BCUT2D eigenvalue weighted by Crippen LogP contribution is -2.45. The van der Waals surface area contributed by atoms with Crippen LogP contribution in [0.5, 0.6) is 0 Å². The van der Waals surface area contributed by atoms with Crippen LogP contribution in [0.4, 0.5) is 5.82 Å². The van der Waals surface area contributed by atoms with Crippen LogP contribution < -0.4 is 4.90 Å². The van der Waals surface area contributed by atoms with Crippen molar-refractivity contribution in [1.29, 1.82) is 0 Å². The van der Waals surface area contributed by atoms with E-state index in [1.165, 1.54) is 4.63 Å². The minimum Gasteiger partial charge on any atom is -0.370 e. The van der Waals surface area contributed by atoms with Crippen molar-refractivity contribution in [3.8, 4) is 0 Å². The Balaban J connectivity index is 1.64. The number of anilines is 1. The molecule has 1 aliphatic heterocycles. The van der Waals surface area contributed by atoms with Crippen LogP contribution in [0.2, 0.25) is 5.02 Å². The number of nitrogens with zero attached hydrogens (tertiary/aromatic N) is 6. The lowest BCUT2D eigenvalue weighted by Gasteiger charge is -2.38. The predicted molar refractivity (Wildman–Crippen MR) is 85.5 cm³/mol. The van der Waals surface area contributed by atoms with Crippen LogP contribution in [-0.4, -0.2) is 44.4 Å². The van der Waals surface area contributed by atoms with Crippen LogP contribution in [0, 0.1) is 0 Å². The van der Waals surface area contributed by atoms with Crippen LogP contribution in [0.3, 0.4) is 0 Å². The zero-order valence-electron chi connectivity index (χ0n) is 12.5. The molecule has 2 aromatic heterocycles. The van der Waals surface area contributed by atoms with Gasteiger partial charge in [-0.15, -0.1) is 14.8 Å². The number of fused-ring (bicyclic) bond motifs is 1. The summed E-state index contributed by atoms with van der Waals surface area (Å²) in [5, 5.41) is 16.5. The molecule has 2 unspecified atom stereocenters. The molecule has 0 radical (unpaired) electrons. The number of hydrogen-bond donors (Lipinski definition) is 0. The minimum absolute atomic E-state index is 0.0451. The summed E-state index contributed by atoms with van der Waals surface area (Å²) in [6.07, 6.45) is -0.0451. The van der Waals surface area contributed by atoms with Gasteiger partial charge in [-0.05, 0) is 47.2 Å². The molecular weight excluding hydrogens is 316 g/mol. The van der Waals surface area contributed by atoms with Gasteiger partial charge >= 0.3 is 0 Å². The van der Waals surface area contributed by atoms with Gasteiger partial charge in [0.1, 0.15) is 6.10 Å². The number of hydrogen-bond acceptors (Lipinski definition) is 6. The fourth-order valence-electron chi connectivity index (χ4n) is 2.78. The molecule has 0 amide bonds. The molecule has 1 aromatic carbocycles. The lowest BCUT2D eigenvalue weighted by molar-refractivity contribution is 0.0211. The second-order valence-corrected chi connectivity index (χ2v) is 6.03. The van der Waals surface area contributed by atoms with Gasteiger partial charge < -0.3 is 9.64 Å². The molecule has 1 saturated heterocycles. The van der Waals surface area contributed by atoms with Crippen LogP contribution in [0.15, 0.2) is 36.4 Å². The number of rotatable bonds is 2. The zero-order valence-corrected chi connectivity index (χ0v) is 13.3. The van der Waals surface area contributed by atoms with Crippen molar-refractivity contribution in [2.45, 2.75) is 19.1 Å². The maximum absolute atomic E-state index is 6.09. The fraction of sp³-hybridized carbons (Fsp3) is 0.333. The molecule has 0 saturated carbocycles. The highest BCUT2D eigenvalue weighted by Crippen LogP contribution is 2.29. The molecule has 23 heavy (non-hydrogen) atoms. The Labute approximate surface area is 137 Å². The van der Waals surface area contributed by atoms with Crippen molar-refractivity contribution in [3.63, 3.8) is 0 Å². The van der Waals surface area contributed by atoms with E-state index in [9.17, 15) is 0 Å². The molecule has 1 aliphatic rings. The number of benzene rings is 1. The quantitative estimate of drug-likeness (QED) is 0.717. The predicted octanol–water partition coefficient (Wildman–Crippen LogP) is 2.14. The maximum Gasteiger partial charge on any atom is 0.200 e. The topological polar surface area (TPSA) is 68.4 Å². The summed E-state index contributed by atoms with van der Waals surface area (Å²) in [5.74, 6) is 0.827. The molecule has 8 heteroatoms. The third-order valence-electron chi connectivity index (χ3n) is 4.00. The van der Waals surface area contributed by atoms with Gasteiger partial charge in [0.05, 0.1) is 19.2 Å². The van der Waals surface area contributed by atoms with E-state index < -0.39 is 0 Å². The van der Waals surface area contributed by atoms with Crippen LogP contribution in [0.1, 0.15) is 18.6 Å². The highest BCUT2D eigenvalue weighted by atomic mass is 35.5. The minimum atomic E-state index is -0.0451. The number of aromatic nitrogens is 5. The highest BCUT2D eigenvalue weighted by molar-refractivity contribution is 6.30. The van der Waals surface area contributed by atoms with Gasteiger partial charge in [0.15, 0.2) is 11.5 Å². The molecule has 4 rings (SSSR count). The van der Waals surface area contributed by atoms with E-state index >= 15 is 0 Å². The third-order valence-corrected chi connectivity index (χ3v) is 4.24. The van der Waals surface area contributed by atoms with E-state index in [2.05, 4.69) is 32.4 Å². The van der Waals surface area contributed by atoms with E-state index in [0.29, 0.717) is 23.8 Å². The van der Waals surface area contributed by atoms with E-state index in [-0.39, 0.29) is 12.1 Å². The van der Waals surface area contributed by atoms with Gasteiger partial charge in [0.2, 0.25) is 0 Å². The molecule has 7 nitrogen and oxygen atoms in total. The molecule has 1 fully saturated rings. The Hall–Kier alpha value is -2.25. The van der Waals surface area contributed by atoms with Crippen LogP contribution in [-0.2, 0) is 4.74 Å². The summed E-state index contributed by atoms with van der Waals surface area (Å²) in [4.78, 5) is 2.20. The van der Waals surface area contributed by atoms with Crippen molar-refractivity contribution in [2.24, 2.45) is 0 Å². The van der Waals surface area contributed by atoms with Gasteiger partial charge in [-0.2, -0.15) is 0 Å². The van der Waals surface area contributed by atoms with Crippen molar-refractivity contribution in [2.75, 3.05) is 18.1 Å². The first kappa shape index (κ1) is 14.3. The number of tetrazole rings is 1. The van der Waals surface area contributed by atoms with Crippen LogP contribution >= 0.6 is 11.6 Å². The average molecular weight is 331 g/mol. The monoisotopic (exact) mass is 330 g/mol. The van der Waals surface area contributed by atoms with Gasteiger partial charge in [-0.25, -0.2) is 0 Å². The standard InChI is InChI=1S/C15H15ClN6O/c1-10-9-23-13(11-3-2-4-12(16)7-11)8-21(10)15-6-5-14-17-19-20-22(14)18-15/h2-7,10,13H,8-9H2,1H3. The largest absolute Gasteiger partial charge is 0.370 e. The first-order valence-corrected chi connectivity index (χ1v) is 7.77. The second kappa shape index (κ2) is 5.75. The van der Waals surface area contributed by atoms with Crippen molar-refractivity contribution >= 4 is 23.1 Å². The summed E-state index contributed by atoms with van der Waals surface area (Å²) in [6, 6.07) is 11.8. The Kier molecular flexibility index (Phi) is 3.59. The lowest BCUT2D eigenvalue weighted by atomic mass is 10.1. The van der Waals surface area contributed by atoms with Crippen molar-refractivity contribution < 1.29 is 4.74 Å². The molecular formula is C15H15ClN6O. The van der Waals surface area contributed by atoms with Crippen molar-refractivity contribution in [1.82, 2.24) is 25.3 Å².